The lowest BCUT2D eigenvalue weighted by atomic mass is 10.0. The van der Waals surface area contributed by atoms with Crippen molar-refractivity contribution in [3.05, 3.63) is 23.8 Å². The molecule has 0 spiro atoms. The van der Waals surface area contributed by atoms with Gasteiger partial charge in [-0.15, -0.1) is 0 Å². The molecule has 2 heterocycles. The summed E-state index contributed by atoms with van der Waals surface area (Å²) in [6.45, 7) is 6.30. The molecule has 1 aromatic rings. The number of amides is 1. The summed E-state index contributed by atoms with van der Waals surface area (Å²) in [6.07, 6.45) is 5.39. The summed E-state index contributed by atoms with van der Waals surface area (Å²) in [5.74, 6) is 1.37. The predicted octanol–water partition coefficient (Wildman–Crippen LogP) is 4.58. The van der Waals surface area contributed by atoms with Crippen LogP contribution in [0.3, 0.4) is 0 Å². The van der Waals surface area contributed by atoms with E-state index >= 15 is 0 Å². The maximum absolute atomic E-state index is 12.9. The van der Waals surface area contributed by atoms with E-state index in [1.54, 1.807) is 19.2 Å². The van der Waals surface area contributed by atoms with Crippen LogP contribution in [0.5, 0.6) is 11.5 Å². The van der Waals surface area contributed by atoms with Crippen LogP contribution in [0.25, 0.3) is 0 Å². The van der Waals surface area contributed by atoms with Gasteiger partial charge in [0.15, 0.2) is 11.5 Å². The fourth-order valence-corrected chi connectivity index (χ4v) is 4.93. The molecule has 0 saturated carbocycles. The number of methoxy groups -OCH3 is 2. The first-order valence-electron chi connectivity index (χ1n) is 10.2. The number of hydrogen-bond donors (Lipinski definition) is 0. The number of thioether (sulfide) groups is 1. The van der Waals surface area contributed by atoms with E-state index < -0.39 is 0 Å². The zero-order valence-corrected chi connectivity index (χ0v) is 18.1. The highest BCUT2D eigenvalue weighted by Crippen LogP contribution is 2.34. The standard InChI is InChI=1S/C21H31N3O3S/c1-5-18-20(15-10-11-16(26-3)17(14-15)27-4)22-24(21(25)28-18)19(6-2)23-12-8-7-9-13-23/h10-11,14,18-19H,5-9,12-13H2,1-4H3. The van der Waals surface area contributed by atoms with Crippen molar-refractivity contribution < 1.29 is 14.3 Å². The molecule has 1 fully saturated rings. The van der Waals surface area contributed by atoms with Crippen molar-refractivity contribution in [2.45, 2.75) is 57.4 Å². The molecule has 28 heavy (non-hydrogen) atoms. The molecule has 3 rings (SSSR count). The van der Waals surface area contributed by atoms with Gasteiger partial charge in [-0.2, -0.15) is 5.10 Å². The van der Waals surface area contributed by atoms with Gasteiger partial charge in [-0.3, -0.25) is 9.69 Å². The van der Waals surface area contributed by atoms with Crippen molar-refractivity contribution in [2.75, 3.05) is 27.3 Å². The van der Waals surface area contributed by atoms with E-state index in [-0.39, 0.29) is 16.7 Å². The molecule has 0 bridgehead atoms. The number of piperidine rings is 1. The monoisotopic (exact) mass is 405 g/mol. The van der Waals surface area contributed by atoms with Gasteiger partial charge in [0.2, 0.25) is 0 Å². The number of rotatable bonds is 7. The normalized spacial score (nSPS) is 22.0. The highest BCUT2D eigenvalue weighted by Gasteiger charge is 2.36. The number of carbonyl (C=O) groups is 1. The second-order valence-electron chi connectivity index (χ2n) is 7.17. The van der Waals surface area contributed by atoms with Crippen molar-refractivity contribution in [2.24, 2.45) is 5.10 Å². The van der Waals surface area contributed by atoms with E-state index in [0.29, 0.717) is 11.5 Å². The fraction of sp³-hybridized carbons (Fsp3) is 0.619. The number of ether oxygens (including phenoxy) is 2. The second kappa shape index (κ2) is 9.65. The molecular weight excluding hydrogens is 374 g/mol. The molecule has 2 aliphatic rings. The van der Waals surface area contributed by atoms with Gasteiger partial charge in [-0.25, -0.2) is 5.01 Å². The molecule has 0 radical (unpaired) electrons. The Bertz CT molecular complexity index is 719. The average molecular weight is 406 g/mol. The van der Waals surface area contributed by atoms with Crippen LogP contribution in [-0.2, 0) is 0 Å². The van der Waals surface area contributed by atoms with Gasteiger partial charge in [0.25, 0.3) is 0 Å². The molecule has 0 N–H and O–H groups in total. The Hall–Kier alpha value is -1.73. The number of likely N-dealkylation sites (tertiary alicyclic amines) is 1. The van der Waals surface area contributed by atoms with E-state index in [1.165, 1.54) is 31.0 Å². The van der Waals surface area contributed by atoms with E-state index in [9.17, 15) is 4.79 Å². The third kappa shape index (κ3) is 4.30. The number of nitrogens with zero attached hydrogens (tertiary/aromatic N) is 3. The van der Waals surface area contributed by atoms with Gasteiger partial charge in [-0.1, -0.05) is 32.0 Å². The first kappa shape index (κ1) is 21.0. The predicted molar refractivity (Wildman–Crippen MR) is 114 cm³/mol. The van der Waals surface area contributed by atoms with E-state index in [1.807, 2.05) is 18.2 Å². The van der Waals surface area contributed by atoms with Crippen LogP contribution in [0, 0.1) is 0 Å². The maximum atomic E-state index is 12.9. The highest BCUT2D eigenvalue weighted by molar-refractivity contribution is 8.14. The van der Waals surface area contributed by atoms with Crippen LogP contribution >= 0.6 is 11.8 Å². The number of carbonyl (C=O) groups excluding carboxylic acids is 1. The van der Waals surface area contributed by atoms with Gasteiger partial charge in [0, 0.05) is 18.7 Å². The fourth-order valence-electron chi connectivity index (χ4n) is 3.96. The summed E-state index contributed by atoms with van der Waals surface area (Å²) in [7, 11) is 3.26. The Kier molecular flexibility index (Phi) is 7.24. The van der Waals surface area contributed by atoms with Crippen LogP contribution in [0.15, 0.2) is 23.3 Å². The second-order valence-corrected chi connectivity index (χ2v) is 8.32. The van der Waals surface area contributed by atoms with Crippen LogP contribution in [0.4, 0.5) is 4.79 Å². The molecule has 1 amide bonds. The summed E-state index contributed by atoms with van der Waals surface area (Å²) in [5, 5.41) is 6.71. The summed E-state index contributed by atoms with van der Waals surface area (Å²) >= 11 is 1.39. The van der Waals surface area contributed by atoms with Crippen LogP contribution in [-0.4, -0.2) is 59.6 Å². The Morgan fingerprint density at radius 3 is 2.46 bits per heavy atom. The maximum Gasteiger partial charge on any atom is 0.303 e. The molecule has 6 nitrogen and oxygen atoms in total. The third-order valence-corrected chi connectivity index (χ3v) is 6.69. The zero-order valence-electron chi connectivity index (χ0n) is 17.3. The van der Waals surface area contributed by atoms with Gasteiger partial charge in [0.05, 0.1) is 25.2 Å². The van der Waals surface area contributed by atoms with Gasteiger partial charge >= 0.3 is 5.24 Å². The van der Waals surface area contributed by atoms with Crippen molar-refractivity contribution in [1.29, 1.82) is 0 Å². The van der Waals surface area contributed by atoms with Gasteiger partial charge < -0.3 is 9.47 Å². The minimum Gasteiger partial charge on any atom is -0.493 e. The molecule has 1 aromatic carbocycles. The lowest BCUT2D eigenvalue weighted by Crippen LogP contribution is -2.51. The first-order chi connectivity index (χ1) is 13.6. The van der Waals surface area contributed by atoms with Crippen LogP contribution in [0.2, 0.25) is 0 Å². The van der Waals surface area contributed by atoms with E-state index in [2.05, 4.69) is 18.7 Å². The summed E-state index contributed by atoms with van der Waals surface area (Å²) in [4.78, 5) is 15.3. The molecule has 0 aromatic heterocycles. The van der Waals surface area contributed by atoms with Crippen molar-refractivity contribution in [1.82, 2.24) is 9.91 Å². The minimum atomic E-state index is 0.0215. The quantitative estimate of drug-likeness (QED) is 0.665. The summed E-state index contributed by atoms with van der Waals surface area (Å²) in [6, 6.07) is 5.85. The van der Waals surface area contributed by atoms with Crippen molar-refractivity contribution in [3.8, 4) is 11.5 Å². The first-order valence-corrected chi connectivity index (χ1v) is 11.1. The smallest absolute Gasteiger partial charge is 0.303 e. The Labute approximate surface area is 172 Å². The molecule has 2 unspecified atom stereocenters. The summed E-state index contributed by atoms with van der Waals surface area (Å²) < 4.78 is 10.8. The van der Waals surface area contributed by atoms with Crippen molar-refractivity contribution in [3.63, 3.8) is 0 Å². The molecule has 154 valence electrons. The van der Waals surface area contributed by atoms with Gasteiger partial charge in [-0.05, 0) is 43.9 Å². The minimum absolute atomic E-state index is 0.0215. The topological polar surface area (TPSA) is 54.4 Å². The van der Waals surface area contributed by atoms with E-state index in [0.717, 1.165) is 37.2 Å². The Morgan fingerprint density at radius 1 is 1.14 bits per heavy atom. The lowest BCUT2D eigenvalue weighted by molar-refractivity contribution is 0.0575. The Balaban J connectivity index is 1.97. The van der Waals surface area contributed by atoms with E-state index in [4.69, 9.17) is 14.6 Å². The molecule has 0 aliphatic carbocycles. The number of hydrazone groups is 1. The molecular formula is C21H31N3O3S. The lowest BCUT2D eigenvalue weighted by Gasteiger charge is -2.40. The third-order valence-electron chi connectivity index (χ3n) is 5.46. The average Bonchev–Trinajstić information content (AvgIpc) is 2.75. The molecule has 7 heteroatoms. The summed E-state index contributed by atoms with van der Waals surface area (Å²) in [5.41, 5.74) is 1.91. The van der Waals surface area contributed by atoms with Crippen molar-refractivity contribution >= 4 is 22.7 Å². The molecule has 1 saturated heterocycles. The highest BCUT2D eigenvalue weighted by atomic mass is 32.2. The van der Waals surface area contributed by atoms with Crippen LogP contribution < -0.4 is 9.47 Å². The number of benzene rings is 1. The van der Waals surface area contributed by atoms with Crippen LogP contribution in [0.1, 0.15) is 51.5 Å². The zero-order chi connectivity index (χ0) is 20.1. The molecule has 2 atom stereocenters. The largest absolute Gasteiger partial charge is 0.493 e. The SMILES string of the molecule is CCC1SC(=O)N(C(CC)N2CCCCC2)N=C1c1ccc(OC)c(OC)c1. The number of hydrogen-bond acceptors (Lipinski definition) is 6. The Morgan fingerprint density at radius 2 is 1.86 bits per heavy atom. The van der Waals surface area contributed by atoms with Gasteiger partial charge in [0.1, 0.15) is 6.17 Å². The molecule has 2 aliphatic heterocycles.